The van der Waals surface area contributed by atoms with Gasteiger partial charge in [0.05, 0.1) is 0 Å². The third-order valence-electron chi connectivity index (χ3n) is 3.30. The lowest BCUT2D eigenvalue weighted by molar-refractivity contribution is 1.13. The molecule has 0 aromatic heterocycles. The molecule has 92 valence electrons. The molecule has 18 heavy (non-hydrogen) atoms. The molecular weight excluding hydrogens is 216 g/mol. The molecule has 0 N–H and O–H groups in total. The quantitative estimate of drug-likeness (QED) is 0.655. The molecule has 0 aliphatic rings. The van der Waals surface area contributed by atoms with Gasteiger partial charge in [-0.3, -0.25) is 0 Å². The molecule has 0 aliphatic carbocycles. The van der Waals surface area contributed by atoms with E-state index in [-0.39, 0.29) is 0 Å². The van der Waals surface area contributed by atoms with Gasteiger partial charge in [0.15, 0.2) is 0 Å². The van der Waals surface area contributed by atoms with Crippen molar-refractivity contribution >= 4 is 12.2 Å². The van der Waals surface area contributed by atoms with Gasteiger partial charge in [-0.25, -0.2) is 0 Å². The van der Waals surface area contributed by atoms with E-state index in [1.807, 2.05) is 0 Å². The Morgan fingerprint density at radius 2 is 1.61 bits per heavy atom. The summed E-state index contributed by atoms with van der Waals surface area (Å²) in [6, 6.07) is 15.2. The number of rotatable bonds is 3. The number of hydrogen-bond acceptors (Lipinski definition) is 0. The highest BCUT2D eigenvalue weighted by atomic mass is 14.0. The zero-order valence-corrected chi connectivity index (χ0v) is 11.4. The minimum Gasteiger partial charge on any atom is -0.0620 e. The lowest BCUT2D eigenvalue weighted by Gasteiger charge is -2.04. The maximum atomic E-state index is 2.23. The van der Waals surface area contributed by atoms with Crippen LogP contribution in [0.2, 0.25) is 0 Å². The van der Waals surface area contributed by atoms with Crippen LogP contribution in [0.1, 0.15) is 34.7 Å². The molecular formula is C18H20. The molecule has 0 aliphatic heterocycles. The Kier molecular flexibility index (Phi) is 3.99. The van der Waals surface area contributed by atoms with Crippen molar-refractivity contribution in [3.63, 3.8) is 0 Å². The van der Waals surface area contributed by atoms with Crippen LogP contribution in [0.25, 0.3) is 12.2 Å². The van der Waals surface area contributed by atoms with E-state index in [9.17, 15) is 0 Å². The summed E-state index contributed by atoms with van der Waals surface area (Å²) in [6.07, 6.45) is 5.51. The Hall–Kier alpha value is -1.82. The number of benzene rings is 2. The molecule has 0 unspecified atom stereocenters. The van der Waals surface area contributed by atoms with Crippen LogP contribution in [0.4, 0.5) is 0 Å². The van der Waals surface area contributed by atoms with Crippen LogP contribution in [0.5, 0.6) is 0 Å². The Balaban J connectivity index is 2.30. The molecule has 0 spiro atoms. The molecule has 0 heteroatoms. The van der Waals surface area contributed by atoms with Gasteiger partial charge in [0.25, 0.3) is 0 Å². The van der Waals surface area contributed by atoms with Gasteiger partial charge >= 0.3 is 0 Å². The minimum absolute atomic E-state index is 1.08. The Morgan fingerprint density at radius 3 is 2.33 bits per heavy atom. The van der Waals surface area contributed by atoms with E-state index >= 15 is 0 Å². The van der Waals surface area contributed by atoms with Gasteiger partial charge < -0.3 is 0 Å². The van der Waals surface area contributed by atoms with Crippen LogP contribution < -0.4 is 0 Å². The maximum absolute atomic E-state index is 2.23. The van der Waals surface area contributed by atoms with Gasteiger partial charge in [-0.2, -0.15) is 0 Å². The van der Waals surface area contributed by atoms with E-state index in [1.54, 1.807) is 0 Å². The van der Waals surface area contributed by atoms with E-state index in [0.717, 1.165) is 6.42 Å². The molecule has 2 rings (SSSR count). The van der Waals surface area contributed by atoms with Crippen LogP contribution in [-0.4, -0.2) is 0 Å². The Bertz CT molecular complexity index is 562. The average Bonchev–Trinajstić information content (AvgIpc) is 2.38. The molecule has 0 heterocycles. The van der Waals surface area contributed by atoms with Gasteiger partial charge in [0.1, 0.15) is 0 Å². The molecule has 0 fully saturated rings. The SMILES string of the molecule is CCc1ccccc1C=Cc1ccc(C)cc1C. The summed E-state index contributed by atoms with van der Waals surface area (Å²) >= 11 is 0. The van der Waals surface area contributed by atoms with E-state index < -0.39 is 0 Å². The molecule has 0 nitrogen and oxygen atoms in total. The second kappa shape index (κ2) is 5.68. The first-order valence-corrected chi connectivity index (χ1v) is 6.54. The van der Waals surface area contributed by atoms with Gasteiger partial charge in [0, 0.05) is 0 Å². The lowest BCUT2D eigenvalue weighted by atomic mass is 10.0. The van der Waals surface area contributed by atoms with Crippen LogP contribution in [0, 0.1) is 13.8 Å². The van der Waals surface area contributed by atoms with E-state index in [1.165, 1.54) is 27.8 Å². The average molecular weight is 236 g/mol. The highest BCUT2D eigenvalue weighted by Gasteiger charge is 1.97. The second-order valence-corrected chi connectivity index (χ2v) is 4.75. The first-order valence-electron chi connectivity index (χ1n) is 6.54. The topological polar surface area (TPSA) is 0 Å². The third-order valence-corrected chi connectivity index (χ3v) is 3.30. The fourth-order valence-corrected chi connectivity index (χ4v) is 2.21. The molecule has 0 saturated carbocycles. The van der Waals surface area contributed by atoms with Crippen molar-refractivity contribution < 1.29 is 0 Å². The Morgan fingerprint density at radius 1 is 0.889 bits per heavy atom. The van der Waals surface area contributed by atoms with Crippen molar-refractivity contribution in [3.05, 3.63) is 70.3 Å². The maximum Gasteiger partial charge on any atom is -0.0224 e. The standard InChI is InChI=1S/C18H20/c1-4-16-7-5-6-8-18(16)12-11-17-10-9-14(2)13-15(17)3/h5-13H,4H2,1-3H3. The van der Waals surface area contributed by atoms with Crippen molar-refractivity contribution in [1.29, 1.82) is 0 Å². The zero-order valence-electron chi connectivity index (χ0n) is 11.4. The highest BCUT2D eigenvalue weighted by Crippen LogP contribution is 2.16. The fraction of sp³-hybridized carbons (Fsp3) is 0.222. The minimum atomic E-state index is 1.08. The monoisotopic (exact) mass is 236 g/mol. The Labute approximate surface area is 110 Å². The molecule has 0 bridgehead atoms. The third kappa shape index (κ3) is 2.89. The predicted molar refractivity (Wildman–Crippen MR) is 80.7 cm³/mol. The summed E-state index contributed by atoms with van der Waals surface area (Å²) in [5.41, 5.74) is 6.67. The van der Waals surface area contributed by atoms with E-state index in [2.05, 4.69) is 75.4 Å². The van der Waals surface area contributed by atoms with Crippen molar-refractivity contribution in [2.45, 2.75) is 27.2 Å². The van der Waals surface area contributed by atoms with Crippen molar-refractivity contribution in [1.82, 2.24) is 0 Å². The molecule has 0 amide bonds. The smallest absolute Gasteiger partial charge is 0.0224 e. The largest absolute Gasteiger partial charge is 0.0620 e. The first kappa shape index (κ1) is 12.6. The second-order valence-electron chi connectivity index (χ2n) is 4.75. The summed E-state index contributed by atoms with van der Waals surface area (Å²) in [5, 5.41) is 0. The molecule has 0 saturated heterocycles. The van der Waals surface area contributed by atoms with E-state index in [4.69, 9.17) is 0 Å². The fourth-order valence-electron chi connectivity index (χ4n) is 2.21. The van der Waals surface area contributed by atoms with Gasteiger partial charge in [-0.15, -0.1) is 0 Å². The summed E-state index contributed by atoms with van der Waals surface area (Å²) in [5.74, 6) is 0. The summed E-state index contributed by atoms with van der Waals surface area (Å²) in [4.78, 5) is 0. The van der Waals surface area contributed by atoms with Crippen LogP contribution in [0.15, 0.2) is 42.5 Å². The summed E-state index contributed by atoms with van der Waals surface area (Å²) in [7, 11) is 0. The van der Waals surface area contributed by atoms with Crippen molar-refractivity contribution in [3.8, 4) is 0 Å². The first-order chi connectivity index (χ1) is 8.70. The van der Waals surface area contributed by atoms with Crippen LogP contribution in [0.3, 0.4) is 0 Å². The normalized spacial score (nSPS) is 11.1. The van der Waals surface area contributed by atoms with Crippen molar-refractivity contribution in [2.24, 2.45) is 0 Å². The summed E-state index contributed by atoms with van der Waals surface area (Å²) in [6.45, 7) is 6.50. The molecule has 2 aromatic carbocycles. The van der Waals surface area contributed by atoms with Crippen LogP contribution >= 0.6 is 0 Å². The number of aryl methyl sites for hydroxylation is 3. The molecule has 2 aromatic rings. The highest BCUT2D eigenvalue weighted by molar-refractivity contribution is 5.72. The predicted octanol–water partition coefficient (Wildman–Crippen LogP) is 5.04. The summed E-state index contributed by atoms with van der Waals surface area (Å²) < 4.78 is 0. The number of hydrogen-bond donors (Lipinski definition) is 0. The van der Waals surface area contributed by atoms with Gasteiger partial charge in [-0.05, 0) is 42.5 Å². The van der Waals surface area contributed by atoms with E-state index in [0.29, 0.717) is 0 Å². The van der Waals surface area contributed by atoms with Crippen LogP contribution in [-0.2, 0) is 6.42 Å². The molecule has 0 atom stereocenters. The van der Waals surface area contributed by atoms with Crippen molar-refractivity contribution in [2.75, 3.05) is 0 Å². The van der Waals surface area contributed by atoms with Gasteiger partial charge in [-0.1, -0.05) is 67.1 Å². The lowest BCUT2D eigenvalue weighted by Crippen LogP contribution is -1.85. The van der Waals surface area contributed by atoms with Gasteiger partial charge in [0.2, 0.25) is 0 Å². The zero-order chi connectivity index (χ0) is 13.0. The molecule has 0 radical (unpaired) electrons.